The number of carboxylic acid groups (broad SMARTS) is 1. The van der Waals surface area contributed by atoms with E-state index < -0.39 is 5.97 Å². The van der Waals surface area contributed by atoms with Crippen molar-refractivity contribution in [2.75, 3.05) is 0 Å². The second kappa shape index (κ2) is 6.73. The molecule has 1 aliphatic rings. The van der Waals surface area contributed by atoms with Crippen LogP contribution in [0.15, 0.2) is 39.8 Å². The van der Waals surface area contributed by atoms with E-state index in [0.717, 1.165) is 37.5 Å². The quantitative estimate of drug-likeness (QED) is 0.911. The van der Waals surface area contributed by atoms with E-state index in [9.17, 15) is 9.59 Å². The average Bonchev–Trinajstić information content (AvgIpc) is 3.24. The lowest BCUT2D eigenvalue weighted by Crippen LogP contribution is -2.40. The van der Waals surface area contributed by atoms with Crippen molar-refractivity contribution in [3.05, 3.63) is 47.8 Å². The van der Waals surface area contributed by atoms with E-state index in [4.69, 9.17) is 13.9 Å². The van der Waals surface area contributed by atoms with Gasteiger partial charge in [-0.05, 0) is 18.9 Å². The zero-order valence-electron chi connectivity index (χ0n) is 12.7. The molecule has 6 nitrogen and oxygen atoms in total. The molecule has 122 valence electrons. The molecule has 1 amide bonds. The van der Waals surface area contributed by atoms with Gasteiger partial charge >= 0.3 is 5.97 Å². The normalized spacial score (nSPS) is 15.5. The van der Waals surface area contributed by atoms with Crippen LogP contribution in [0.3, 0.4) is 0 Å². The second-order valence-electron chi connectivity index (χ2n) is 5.86. The Kier molecular flexibility index (Phi) is 4.50. The first-order valence-corrected chi connectivity index (χ1v) is 7.79. The van der Waals surface area contributed by atoms with Crippen LogP contribution in [0, 0.1) is 0 Å². The van der Waals surface area contributed by atoms with Gasteiger partial charge in [0, 0.05) is 24.2 Å². The van der Waals surface area contributed by atoms with E-state index in [0.29, 0.717) is 6.54 Å². The van der Waals surface area contributed by atoms with Crippen molar-refractivity contribution in [1.82, 2.24) is 4.90 Å². The van der Waals surface area contributed by atoms with Gasteiger partial charge in [-0.15, -0.1) is 0 Å². The summed E-state index contributed by atoms with van der Waals surface area (Å²) in [7, 11) is 0. The predicted octanol–water partition coefficient (Wildman–Crippen LogP) is 3.55. The Morgan fingerprint density at radius 1 is 1.22 bits per heavy atom. The number of carbonyl (C=O) groups excluding carboxylic acids is 1. The summed E-state index contributed by atoms with van der Waals surface area (Å²) >= 11 is 0. The van der Waals surface area contributed by atoms with Crippen molar-refractivity contribution in [3.8, 4) is 0 Å². The molecule has 0 saturated heterocycles. The molecule has 2 aromatic rings. The zero-order valence-corrected chi connectivity index (χ0v) is 12.7. The minimum Gasteiger partial charge on any atom is -0.478 e. The first-order valence-electron chi connectivity index (χ1n) is 7.79. The third-order valence-corrected chi connectivity index (χ3v) is 4.27. The average molecular weight is 317 g/mol. The molecule has 0 bridgehead atoms. The Hall–Kier alpha value is -2.50. The summed E-state index contributed by atoms with van der Waals surface area (Å²) in [4.78, 5) is 25.6. The topological polar surface area (TPSA) is 83.9 Å². The van der Waals surface area contributed by atoms with Crippen LogP contribution in [0.2, 0.25) is 0 Å². The van der Waals surface area contributed by atoms with Gasteiger partial charge in [-0.25, -0.2) is 4.79 Å². The maximum absolute atomic E-state index is 12.8. The number of amides is 1. The third kappa shape index (κ3) is 3.47. The molecule has 3 rings (SSSR count). The minimum atomic E-state index is -1.10. The molecule has 0 spiro atoms. The Morgan fingerprint density at radius 2 is 2.00 bits per heavy atom. The molecule has 1 fully saturated rings. The van der Waals surface area contributed by atoms with Crippen LogP contribution in [0.4, 0.5) is 0 Å². The van der Waals surface area contributed by atoms with Gasteiger partial charge in [0.1, 0.15) is 6.26 Å². The van der Waals surface area contributed by atoms with E-state index in [2.05, 4.69) is 0 Å². The molecule has 0 atom stereocenters. The fourth-order valence-electron chi connectivity index (χ4n) is 3.04. The lowest BCUT2D eigenvalue weighted by molar-refractivity contribution is 0.0580. The number of furan rings is 2. The number of carbonyl (C=O) groups is 2. The zero-order chi connectivity index (χ0) is 16.2. The highest BCUT2D eigenvalue weighted by atomic mass is 16.4. The van der Waals surface area contributed by atoms with Crippen LogP contribution in [0.1, 0.15) is 58.6 Å². The summed E-state index contributed by atoms with van der Waals surface area (Å²) in [5, 5.41) is 8.98. The molecule has 1 aliphatic carbocycles. The van der Waals surface area contributed by atoms with Gasteiger partial charge in [-0.2, -0.15) is 0 Å². The molecule has 1 saturated carbocycles. The molecule has 2 aromatic heterocycles. The molecule has 2 heterocycles. The van der Waals surface area contributed by atoms with Crippen molar-refractivity contribution < 1.29 is 23.5 Å². The van der Waals surface area contributed by atoms with Gasteiger partial charge in [0.05, 0.1) is 18.1 Å². The molecular formula is C17H19NO5. The molecule has 0 aliphatic heterocycles. The molecule has 6 heteroatoms. The summed E-state index contributed by atoms with van der Waals surface area (Å²) in [6, 6.07) is 3.26. The minimum absolute atomic E-state index is 0.0137. The van der Waals surface area contributed by atoms with Gasteiger partial charge < -0.3 is 18.8 Å². The number of rotatable bonds is 5. The first kappa shape index (κ1) is 15.4. The highest BCUT2D eigenvalue weighted by Gasteiger charge is 2.29. The molecule has 0 unspecified atom stereocenters. The summed E-state index contributed by atoms with van der Waals surface area (Å²) in [6.45, 7) is 0.434. The Balaban J connectivity index is 1.83. The number of hydrogen-bond acceptors (Lipinski definition) is 4. The molecule has 0 aromatic carbocycles. The highest BCUT2D eigenvalue weighted by Crippen LogP contribution is 2.26. The first-order chi connectivity index (χ1) is 11.1. The number of nitrogens with zero attached hydrogens (tertiary/aromatic N) is 1. The van der Waals surface area contributed by atoms with Crippen LogP contribution >= 0.6 is 0 Å². The maximum atomic E-state index is 12.8. The summed E-state index contributed by atoms with van der Waals surface area (Å²) < 4.78 is 10.3. The van der Waals surface area contributed by atoms with E-state index in [1.54, 1.807) is 17.4 Å². The van der Waals surface area contributed by atoms with Crippen LogP contribution in [0.5, 0.6) is 0 Å². The molecule has 23 heavy (non-hydrogen) atoms. The predicted molar refractivity (Wildman–Crippen MR) is 81.1 cm³/mol. The fourth-order valence-corrected chi connectivity index (χ4v) is 3.04. The van der Waals surface area contributed by atoms with Gasteiger partial charge in [0.15, 0.2) is 5.76 Å². The summed E-state index contributed by atoms with van der Waals surface area (Å²) in [5.41, 5.74) is 0.897. The highest BCUT2D eigenvalue weighted by molar-refractivity contribution is 5.95. The van der Waals surface area contributed by atoms with Gasteiger partial charge in [0.2, 0.25) is 0 Å². The van der Waals surface area contributed by atoms with Crippen LogP contribution < -0.4 is 0 Å². The van der Waals surface area contributed by atoms with Gasteiger partial charge in [-0.1, -0.05) is 19.3 Å². The number of aromatic carboxylic acids is 1. The molecule has 1 N–H and O–H groups in total. The monoisotopic (exact) mass is 317 g/mol. The third-order valence-electron chi connectivity index (χ3n) is 4.27. The Bertz CT molecular complexity index is 667. The van der Waals surface area contributed by atoms with E-state index in [1.807, 2.05) is 6.07 Å². The van der Waals surface area contributed by atoms with Crippen molar-refractivity contribution in [3.63, 3.8) is 0 Å². The van der Waals surface area contributed by atoms with E-state index >= 15 is 0 Å². The smallest absolute Gasteiger partial charge is 0.338 e. The lowest BCUT2D eigenvalue weighted by Gasteiger charge is -2.33. The van der Waals surface area contributed by atoms with Crippen molar-refractivity contribution in [2.24, 2.45) is 0 Å². The standard InChI is InChI=1S/C17H19NO5/c19-16(15-8-13(11-23-15)17(20)21)18(9-12-6-7-22-10-12)14-4-2-1-3-5-14/h6-8,10-11,14H,1-5,9H2,(H,20,21). The van der Waals surface area contributed by atoms with E-state index in [-0.39, 0.29) is 23.3 Å². The maximum Gasteiger partial charge on any atom is 0.338 e. The summed E-state index contributed by atoms with van der Waals surface area (Å²) in [6.07, 6.45) is 9.59. The van der Waals surface area contributed by atoms with Crippen molar-refractivity contribution in [1.29, 1.82) is 0 Å². The fraction of sp³-hybridized carbons (Fsp3) is 0.412. The molecular weight excluding hydrogens is 298 g/mol. The second-order valence-corrected chi connectivity index (χ2v) is 5.86. The van der Waals surface area contributed by atoms with Crippen LogP contribution in [-0.4, -0.2) is 27.9 Å². The SMILES string of the molecule is O=C(O)c1coc(C(=O)N(Cc2ccoc2)C2CCCCC2)c1. The summed E-state index contributed by atoms with van der Waals surface area (Å²) in [5.74, 6) is -1.31. The lowest BCUT2D eigenvalue weighted by atomic mass is 9.93. The van der Waals surface area contributed by atoms with Crippen molar-refractivity contribution >= 4 is 11.9 Å². The van der Waals surface area contributed by atoms with E-state index in [1.165, 1.54) is 12.5 Å². The van der Waals surface area contributed by atoms with Gasteiger partial charge in [-0.3, -0.25) is 4.79 Å². The molecule has 0 radical (unpaired) electrons. The number of carboxylic acids is 1. The van der Waals surface area contributed by atoms with Gasteiger partial charge in [0.25, 0.3) is 5.91 Å². The Morgan fingerprint density at radius 3 is 2.61 bits per heavy atom. The number of hydrogen-bond donors (Lipinski definition) is 1. The van der Waals surface area contributed by atoms with Crippen LogP contribution in [-0.2, 0) is 6.54 Å². The Labute approximate surface area is 133 Å². The van der Waals surface area contributed by atoms with Crippen LogP contribution in [0.25, 0.3) is 0 Å². The largest absolute Gasteiger partial charge is 0.478 e. The van der Waals surface area contributed by atoms with Crippen molar-refractivity contribution in [2.45, 2.75) is 44.7 Å².